The highest BCUT2D eigenvalue weighted by Crippen LogP contribution is 2.40. The number of aromatic carboxylic acids is 1. The minimum absolute atomic E-state index is 0.118. The van der Waals surface area contributed by atoms with Crippen LogP contribution < -0.4 is 5.32 Å². The van der Waals surface area contributed by atoms with Crippen molar-refractivity contribution in [1.29, 1.82) is 0 Å². The first-order valence-electron chi connectivity index (χ1n) is 9.48. The topological polar surface area (TPSA) is 101 Å². The highest BCUT2D eigenvalue weighted by atomic mass is 32.2. The number of benzene rings is 3. The molecule has 0 fully saturated rings. The molecule has 0 atom stereocenters. The molecule has 0 aromatic heterocycles. The Morgan fingerprint density at radius 3 is 2.33 bits per heavy atom. The van der Waals surface area contributed by atoms with Crippen LogP contribution in [0.15, 0.2) is 75.4 Å². The van der Waals surface area contributed by atoms with E-state index in [0.717, 1.165) is 30.0 Å². The van der Waals surface area contributed by atoms with Crippen LogP contribution in [-0.2, 0) is 20.4 Å². The van der Waals surface area contributed by atoms with Crippen LogP contribution in [0.2, 0.25) is 0 Å². The van der Waals surface area contributed by atoms with Crippen LogP contribution >= 0.6 is 11.8 Å². The second kappa shape index (κ2) is 8.80. The molecule has 0 spiro atoms. The third-order valence-corrected chi connectivity index (χ3v) is 7.59. The summed E-state index contributed by atoms with van der Waals surface area (Å²) in [6.07, 6.45) is 1.58. The smallest absolute Gasteiger partial charge is 0.335 e. The summed E-state index contributed by atoms with van der Waals surface area (Å²) >= 11 is 1.12. The predicted molar refractivity (Wildman–Crippen MR) is 120 cm³/mol. The fourth-order valence-electron chi connectivity index (χ4n) is 3.15. The normalized spacial score (nSPS) is 14.6. The molecule has 6 nitrogen and oxygen atoms in total. The van der Waals surface area contributed by atoms with Gasteiger partial charge in [-0.3, -0.25) is 4.79 Å². The zero-order valence-corrected chi connectivity index (χ0v) is 18.3. The van der Waals surface area contributed by atoms with Crippen molar-refractivity contribution in [1.82, 2.24) is 0 Å². The van der Waals surface area contributed by atoms with E-state index in [1.165, 1.54) is 30.3 Å². The van der Waals surface area contributed by atoms with Crippen LogP contribution in [0, 0.1) is 11.6 Å². The molecule has 2 N–H and O–H groups in total. The molecule has 1 aliphatic heterocycles. The fourth-order valence-corrected chi connectivity index (χ4v) is 5.48. The summed E-state index contributed by atoms with van der Waals surface area (Å²) in [6.45, 7) is 0. The summed E-state index contributed by atoms with van der Waals surface area (Å²) in [6, 6.07) is 13.2. The molecule has 0 bridgehead atoms. The van der Waals surface area contributed by atoms with E-state index in [1.54, 1.807) is 18.2 Å². The quantitative estimate of drug-likeness (QED) is 0.505. The number of halogens is 2. The standard InChI is InChI=1S/C23H15F2NO5S2/c24-17-2-1-3-18(25)16(17)12-33(30,31)15-8-9-20-19(11-15)26-22(27)21(32-20)10-13-4-6-14(7-5-13)23(28)29/h1-11H,12H2,(H,26,27)(H,28,29). The van der Waals surface area contributed by atoms with Crippen LogP contribution in [0.4, 0.5) is 14.5 Å². The Morgan fingerprint density at radius 1 is 1.03 bits per heavy atom. The fraction of sp³-hybridized carbons (Fsp3) is 0.0435. The number of thioether (sulfide) groups is 1. The molecule has 0 aliphatic carbocycles. The van der Waals surface area contributed by atoms with Gasteiger partial charge in [-0.25, -0.2) is 22.0 Å². The lowest BCUT2D eigenvalue weighted by atomic mass is 10.1. The minimum atomic E-state index is -4.09. The number of carbonyl (C=O) groups excluding carboxylic acids is 1. The Bertz CT molecular complexity index is 1400. The number of carboxylic acid groups (broad SMARTS) is 1. The van der Waals surface area contributed by atoms with Gasteiger partial charge in [0.15, 0.2) is 9.84 Å². The number of fused-ring (bicyclic) bond motifs is 1. The minimum Gasteiger partial charge on any atom is -0.478 e. The van der Waals surface area contributed by atoms with Gasteiger partial charge in [-0.15, -0.1) is 0 Å². The summed E-state index contributed by atoms with van der Waals surface area (Å²) in [7, 11) is -4.09. The van der Waals surface area contributed by atoms with Crippen molar-refractivity contribution >= 4 is 45.2 Å². The van der Waals surface area contributed by atoms with E-state index in [-0.39, 0.29) is 16.1 Å². The van der Waals surface area contributed by atoms with Gasteiger partial charge in [0.1, 0.15) is 11.6 Å². The second-order valence-electron chi connectivity index (χ2n) is 7.11. The number of rotatable bonds is 5. The van der Waals surface area contributed by atoms with Gasteiger partial charge < -0.3 is 10.4 Å². The first-order valence-corrected chi connectivity index (χ1v) is 11.9. The Hall–Kier alpha value is -3.50. The molecule has 0 unspecified atom stereocenters. The third-order valence-electron chi connectivity index (χ3n) is 4.85. The Labute approximate surface area is 191 Å². The summed E-state index contributed by atoms with van der Waals surface area (Å²) in [5.41, 5.74) is 0.450. The van der Waals surface area contributed by atoms with Gasteiger partial charge in [0.2, 0.25) is 0 Å². The lowest BCUT2D eigenvalue weighted by Crippen LogP contribution is -2.18. The Kier molecular flexibility index (Phi) is 6.05. The summed E-state index contributed by atoms with van der Waals surface area (Å²) in [4.78, 5) is 24.2. The molecule has 1 amide bonds. The van der Waals surface area contributed by atoms with Crippen LogP contribution in [0.5, 0.6) is 0 Å². The van der Waals surface area contributed by atoms with E-state index < -0.39 is 44.7 Å². The maximum Gasteiger partial charge on any atom is 0.335 e. The van der Waals surface area contributed by atoms with Crippen molar-refractivity contribution in [2.45, 2.75) is 15.5 Å². The molecule has 33 heavy (non-hydrogen) atoms. The van der Waals surface area contributed by atoms with Crippen LogP contribution in [-0.4, -0.2) is 25.4 Å². The van der Waals surface area contributed by atoms with Crippen molar-refractivity contribution in [3.05, 3.63) is 93.9 Å². The summed E-state index contributed by atoms with van der Waals surface area (Å²) < 4.78 is 53.3. The van der Waals surface area contributed by atoms with Crippen molar-refractivity contribution in [3.8, 4) is 0 Å². The van der Waals surface area contributed by atoms with Crippen LogP contribution in [0.25, 0.3) is 6.08 Å². The molecular formula is C23H15F2NO5S2. The number of sulfone groups is 1. The molecule has 3 aromatic rings. The molecule has 0 radical (unpaired) electrons. The second-order valence-corrected chi connectivity index (χ2v) is 10.2. The zero-order chi connectivity index (χ0) is 23.8. The third kappa shape index (κ3) is 4.81. The molecule has 10 heteroatoms. The predicted octanol–water partition coefficient (Wildman–Crippen LogP) is 4.72. The average Bonchev–Trinajstić information content (AvgIpc) is 2.77. The molecule has 168 valence electrons. The van der Waals surface area contributed by atoms with Crippen molar-refractivity contribution in [3.63, 3.8) is 0 Å². The average molecular weight is 488 g/mol. The van der Waals surface area contributed by atoms with Crippen LogP contribution in [0.1, 0.15) is 21.5 Å². The molecule has 1 aliphatic rings. The molecule has 1 heterocycles. The number of hydrogen-bond acceptors (Lipinski definition) is 5. The van der Waals surface area contributed by atoms with Crippen LogP contribution in [0.3, 0.4) is 0 Å². The number of carbonyl (C=O) groups is 2. The van der Waals surface area contributed by atoms with E-state index in [1.807, 2.05) is 0 Å². The first-order chi connectivity index (χ1) is 15.6. The van der Waals surface area contributed by atoms with Crippen molar-refractivity contribution in [2.24, 2.45) is 0 Å². The number of hydrogen-bond donors (Lipinski definition) is 2. The van der Waals surface area contributed by atoms with E-state index in [9.17, 15) is 26.8 Å². The SMILES string of the molecule is O=C1Nc2cc(S(=O)(=O)Cc3c(F)cccc3F)ccc2SC1=Cc1ccc(C(=O)O)cc1. The zero-order valence-electron chi connectivity index (χ0n) is 16.7. The molecule has 0 saturated heterocycles. The summed E-state index contributed by atoms with van der Waals surface area (Å²) in [5.74, 6) is -4.29. The van der Waals surface area contributed by atoms with Gasteiger partial charge in [-0.05, 0) is 54.1 Å². The monoisotopic (exact) mass is 487 g/mol. The van der Waals surface area contributed by atoms with E-state index >= 15 is 0 Å². The molecule has 0 saturated carbocycles. The lowest BCUT2D eigenvalue weighted by Gasteiger charge is -2.19. The van der Waals surface area contributed by atoms with Gasteiger partial charge in [0, 0.05) is 10.5 Å². The Balaban J connectivity index is 1.59. The first kappa shape index (κ1) is 22.7. The van der Waals surface area contributed by atoms with Gasteiger partial charge in [-0.2, -0.15) is 0 Å². The van der Waals surface area contributed by atoms with E-state index in [2.05, 4.69) is 5.32 Å². The molecular weight excluding hydrogens is 472 g/mol. The molecule has 3 aromatic carbocycles. The van der Waals surface area contributed by atoms with E-state index in [0.29, 0.717) is 15.4 Å². The van der Waals surface area contributed by atoms with E-state index in [4.69, 9.17) is 5.11 Å². The maximum atomic E-state index is 13.9. The number of anilines is 1. The highest BCUT2D eigenvalue weighted by molar-refractivity contribution is 8.04. The maximum absolute atomic E-state index is 13.9. The van der Waals surface area contributed by atoms with Gasteiger partial charge in [0.25, 0.3) is 5.91 Å². The Morgan fingerprint density at radius 2 is 1.70 bits per heavy atom. The van der Waals surface area contributed by atoms with Gasteiger partial charge in [-0.1, -0.05) is 30.0 Å². The number of nitrogens with one attached hydrogen (secondary N) is 1. The number of amides is 1. The largest absolute Gasteiger partial charge is 0.478 e. The van der Waals surface area contributed by atoms with Crippen molar-refractivity contribution < 1.29 is 31.9 Å². The highest BCUT2D eigenvalue weighted by Gasteiger charge is 2.25. The summed E-state index contributed by atoms with van der Waals surface area (Å²) in [5, 5.41) is 11.6. The molecule has 4 rings (SSSR count). The van der Waals surface area contributed by atoms with Gasteiger partial charge >= 0.3 is 5.97 Å². The lowest BCUT2D eigenvalue weighted by molar-refractivity contribution is -0.112. The van der Waals surface area contributed by atoms with Gasteiger partial charge in [0.05, 0.1) is 26.8 Å². The number of carboxylic acids is 1. The van der Waals surface area contributed by atoms with Crippen molar-refractivity contribution in [2.75, 3.05) is 5.32 Å².